The Balaban J connectivity index is 2.02. The molecule has 0 saturated carbocycles. The Morgan fingerprint density at radius 1 is 1.26 bits per heavy atom. The third kappa shape index (κ3) is 3.55. The molecule has 2 aromatic rings. The van der Waals surface area contributed by atoms with Crippen molar-refractivity contribution < 1.29 is 9.90 Å². The van der Waals surface area contributed by atoms with Gasteiger partial charge in [0.25, 0.3) is 0 Å². The molecular formula is C15H16N2O2. The van der Waals surface area contributed by atoms with Gasteiger partial charge < -0.3 is 10.0 Å². The van der Waals surface area contributed by atoms with Gasteiger partial charge in [-0.1, -0.05) is 12.1 Å². The highest BCUT2D eigenvalue weighted by atomic mass is 16.4. The molecule has 1 N–H and O–H groups in total. The van der Waals surface area contributed by atoms with Gasteiger partial charge in [-0.2, -0.15) is 0 Å². The Morgan fingerprint density at radius 2 is 2.11 bits per heavy atom. The number of hydrogen-bond donors (Lipinski definition) is 1. The van der Waals surface area contributed by atoms with E-state index in [1.54, 1.807) is 24.4 Å². The number of benzene rings is 1. The van der Waals surface area contributed by atoms with Crippen LogP contribution >= 0.6 is 0 Å². The fraction of sp³-hybridized carbons (Fsp3) is 0.200. The first-order chi connectivity index (χ1) is 9.16. The van der Waals surface area contributed by atoms with Gasteiger partial charge in [0, 0.05) is 37.6 Å². The van der Waals surface area contributed by atoms with E-state index in [1.165, 1.54) is 0 Å². The second-order valence-corrected chi connectivity index (χ2v) is 4.35. The van der Waals surface area contributed by atoms with Crippen molar-refractivity contribution in [1.29, 1.82) is 0 Å². The SMILES string of the molecule is CN(CCc1ccccn1)c1cccc(C(=O)O)c1. The molecule has 2 rings (SSSR count). The lowest BCUT2D eigenvalue weighted by Gasteiger charge is -2.19. The fourth-order valence-corrected chi connectivity index (χ4v) is 1.83. The number of carboxylic acid groups (broad SMARTS) is 1. The van der Waals surface area contributed by atoms with Crippen LogP contribution in [0.15, 0.2) is 48.7 Å². The summed E-state index contributed by atoms with van der Waals surface area (Å²) >= 11 is 0. The summed E-state index contributed by atoms with van der Waals surface area (Å²) in [7, 11) is 1.95. The summed E-state index contributed by atoms with van der Waals surface area (Å²) in [5.74, 6) is -0.903. The zero-order chi connectivity index (χ0) is 13.7. The highest BCUT2D eigenvalue weighted by Crippen LogP contribution is 2.15. The topological polar surface area (TPSA) is 53.4 Å². The molecule has 0 atom stereocenters. The van der Waals surface area contributed by atoms with Crippen molar-refractivity contribution in [2.24, 2.45) is 0 Å². The predicted octanol–water partition coefficient (Wildman–Crippen LogP) is 2.46. The van der Waals surface area contributed by atoms with Crippen molar-refractivity contribution in [2.45, 2.75) is 6.42 Å². The van der Waals surface area contributed by atoms with Crippen molar-refractivity contribution in [1.82, 2.24) is 4.98 Å². The molecule has 0 spiro atoms. The number of likely N-dealkylation sites (N-methyl/N-ethyl adjacent to an activating group) is 1. The van der Waals surface area contributed by atoms with Crippen LogP contribution in [-0.4, -0.2) is 29.7 Å². The molecule has 0 aliphatic rings. The van der Waals surface area contributed by atoms with Gasteiger partial charge >= 0.3 is 5.97 Å². The normalized spacial score (nSPS) is 10.2. The lowest BCUT2D eigenvalue weighted by atomic mass is 10.2. The van der Waals surface area contributed by atoms with E-state index in [0.717, 1.165) is 24.3 Å². The molecule has 4 heteroatoms. The number of aromatic nitrogens is 1. The quantitative estimate of drug-likeness (QED) is 0.892. The molecule has 0 amide bonds. The highest BCUT2D eigenvalue weighted by Gasteiger charge is 2.06. The molecule has 98 valence electrons. The van der Waals surface area contributed by atoms with Gasteiger partial charge in [0.2, 0.25) is 0 Å². The molecule has 19 heavy (non-hydrogen) atoms. The summed E-state index contributed by atoms with van der Waals surface area (Å²) in [4.78, 5) is 17.2. The summed E-state index contributed by atoms with van der Waals surface area (Å²) in [5, 5.41) is 8.97. The van der Waals surface area contributed by atoms with Crippen molar-refractivity contribution in [3.05, 3.63) is 59.9 Å². The maximum Gasteiger partial charge on any atom is 0.335 e. The second kappa shape index (κ2) is 6.00. The fourth-order valence-electron chi connectivity index (χ4n) is 1.83. The molecule has 1 aromatic heterocycles. The van der Waals surface area contributed by atoms with Crippen molar-refractivity contribution in [3.63, 3.8) is 0 Å². The van der Waals surface area contributed by atoms with Crippen LogP contribution in [-0.2, 0) is 6.42 Å². The van der Waals surface area contributed by atoms with E-state index in [4.69, 9.17) is 5.11 Å². The number of pyridine rings is 1. The number of nitrogens with zero attached hydrogens (tertiary/aromatic N) is 2. The first kappa shape index (κ1) is 13.1. The smallest absolute Gasteiger partial charge is 0.335 e. The molecule has 0 unspecified atom stereocenters. The summed E-state index contributed by atoms with van der Waals surface area (Å²) in [6, 6.07) is 12.8. The number of carboxylic acids is 1. The first-order valence-corrected chi connectivity index (χ1v) is 6.11. The average molecular weight is 256 g/mol. The van der Waals surface area contributed by atoms with E-state index < -0.39 is 5.97 Å². The summed E-state index contributed by atoms with van der Waals surface area (Å²) < 4.78 is 0. The number of anilines is 1. The van der Waals surface area contributed by atoms with Gasteiger partial charge in [-0.25, -0.2) is 4.79 Å². The van der Waals surface area contributed by atoms with Crippen LogP contribution in [0.1, 0.15) is 16.1 Å². The minimum Gasteiger partial charge on any atom is -0.478 e. The van der Waals surface area contributed by atoms with Crippen LogP contribution in [0, 0.1) is 0 Å². The Morgan fingerprint density at radius 3 is 2.79 bits per heavy atom. The molecule has 1 aromatic carbocycles. The third-order valence-electron chi connectivity index (χ3n) is 2.96. The molecule has 0 bridgehead atoms. The first-order valence-electron chi connectivity index (χ1n) is 6.11. The summed E-state index contributed by atoms with van der Waals surface area (Å²) in [6.45, 7) is 0.792. The van der Waals surface area contributed by atoms with Gasteiger partial charge in [0.15, 0.2) is 0 Å². The summed E-state index contributed by atoms with van der Waals surface area (Å²) in [6.07, 6.45) is 2.61. The van der Waals surface area contributed by atoms with Crippen molar-refractivity contribution in [2.75, 3.05) is 18.5 Å². The zero-order valence-corrected chi connectivity index (χ0v) is 10.8. The van der Waals surface area contributed by atoms with E-state index >= 15 is 0 Å². The van der Waals surface area contributed by atoms with Crippen LogP contribution in [0.25, 0.3) is 0 Å². The van der Waals surface area contributed by atoms with E-state index in [9.17, 15) is 4.79 Å². The Bertz CT molecular complexity index is 555. The lowest BCUT2D eigenvalue weighted by molar-refractivity contribution is 0.0697. The molecule has 0 radical (unpaired) electrons. The molecule has 0 saturated heterocycles. The van der Waals surface area contributed by atoms with Gasteiger partial charge in [-0.3, -0.25) is 4.98 Å². The molecular weight excluding hydrogens is 240 g/mol. The number of aromatic carboxylic acids is 1. The molecule has 0 fully saturated rings. The van der Waals surface area contributed by atoms with Crippen molar-refractivity contribution in [3.8, 4) is 0 Å². The monoisotopic (exact) mass is 256 g/mol. The van der Waals surface area contributed by atoms with Crippen LogP contribution in [0.3, 0.4) is 0 Å². The van der Waals surface area contributed by atoms with Crippen molar-refractivity contribution >= 4 is 11.7 Å². The van der Waals surface area contributed by atoms with Gasteiger partial charge in [0.1, 0.15) is 0 Å². The van der Waals surface area contributed by atoms with E-state index in [0.29, 0.717) is 5.56 Å². The Kier molecular flexibility index (Phi) is 4.13. The minimum absolute atomic E-state index is 0.308. The number of carbonyl (C=O) groups is 1. The van der Waals surface area contributed by atoms with E-state index in [2.05, 4.69) is 4.98 Å². The lowest BCUT2D eigenvalue weighted by Crippen LogP contribution is -2.20. The highest BCUT2D eigenvalue weighted by molar-refractivity contribution is 5.88. The minimum atomic E-state index is -0.903. The largest absolute Gasteiger partial charge is 0.478 e. The molecule has 0 aliphatic heterocycles. The van der Waals surface area contributed by atoms with Crippen LogP contribution < -0.4 is 4.90 Å². The van der Waals surface area contributed by atoms with E-state index in [1.807, 2.05) is 36.2 Å². The Hall–Kier alpha value is -2.36. The predicted molar refractivity (Wildman–Crippen MR) is 74.6 cm³/mol. The second-order valence-electron chi connectivity index (χ2n) is 4.35. The van der Waals surface area contributed by atoms with Gasteiger partial charge in [-0.15, -0.1) is 0 Å². The maximum absolute atomic E-state index is 10.9. The van der Waals surface area contributed by atoms with Crippen LogP contribution in [0.2, 0.25) is 0 Å². The molecule has 4 nitrogen and oxygen atoms in total. The molecule has 0 aliphatic carbocycles. The summed E-state index contributed by atoms with van der Waals surface area (Å²) in [5.41, 5.74) is 2.24. The Labute approximate surface area is 112 Å². The third-order valence-corrected chi connectivity index (χ3v) is 2.96. The van der Waals surface area contributed by atoms with E-state index in [-0.39, 0.29) is 0 Å². The number of rotatable bonds is 5. The van der Waals surface area contributed by atoms with Gasteiger partial charge in [-0.05, 0) is 30.3 Å². The molecule has 1 heterocycles. The van der Waals surface area contributed by atoms with Crippen LogP contribution in [0.5, 0.6) is 0 Å². The van der Waals surface area contributed by atoms with Gasteiger partial charge in [0.05, 0.1) is 5.56 Å². The standard InChI is InChI=1S/C15H16N2O2/c1-17(10-8-13-6-2-3-9-16-13)14-7-4-5-12(11-14)15(18)19/h2-7,9,11H,8,10H2,1H3,(H,18,19). The average Bonchev–Trinajstić information content (AvgIpc) is 2.46. The zero-order valence-electron chi connectivity index (χ0n) is 10.8. The number of hydrogen-bond acceptors (Lipinski definition) is 3. The van der Waals surface area contributed by atoms with Crippen LogP contribution in [0.4, 0.5) is 5.69 Å². The maximum atomic E-state index is 10.9.